The fourth-order valence-corrected chi connectivity index (χ4v) is 3.49. The molecule has 1 aromatic rings. The Morgan fingerprint density at radius 2 is 2.12 bits per heavy atom. The second-order valence-corrected chi connectivity index (χ2v) is 7.33. The van der Waals surface area contributed by atoms with Gasteiger partial charge in [-0.3, -0.25) is 9.69 Å². The summed E-state index contributed by atoms with van der Waals surface area (Å²) >= 11 is 0. The molecule has 1 atom stereocenters. The van der Waals surface area contributed by atoms with Gasteiger partial charge in [-0.05, 0) is 18.1 Å². The highest BCUT2D eigenvalue weighted by molar-refractivity contribution is 5.98. The predicted molar refractivity (Wildman–Crippen MR) is 101 cm³/mol. The zero-order valence-corrected chi connectivity index (χ0v) is 15.8. The summed E-state index contributed by atoms with van der Waals surface area (Å²) in [5, 5.41) is 3.03. The lowest BCUT2D eigenvalue weighted by Crippen LogP contribution is -2.48. The Kier molecular flexibility index (Phi) is 6.82. The van der Waals surface area contributed by atoms with Crippen molar-refractivity contribution >= 4 is 11.7 Å². The van der Waals surface area contributed by atoms with Crippen LogP contribution in [0.5, 0.6) is 0 Å². The van der Waals surface area contributed by atoms with E-state index in [1.165, 1.54) is 0 Å². The number of nitrogens with zero attached hydrogens (tertiary/aromatic N) is 3. The molecule has 0 radical (unpaired) electrons. The van der Waals surface area contributed by atoms with Gasteiger partial charge in [0, 0.05) is 45.5 Å². The normalized spacial score (nSPS) is 21.8. The highest BCUT2D eigenvalue weighted by Crippen LogP contribution is 2.18. The fourth-order valence-electron chi connectivity index (χ4n) is 3.49. The number of carbonyl (C=O) groups is 1. The molecule has 1 amide bonds. The number of anilines is 1. The first kappa shape index (κ1) is 19.1. The van der Waals surface area contributed by atoms with Crippen LogP contribution in [0.4, 0.5) is 5.82 Å². The van der Waals surface area contributed by atoms with Crippen LogP contribution in [0, 0.1) is 5.92 Å². The van der Waals surface area contributed by atoms with Gasteiger partial charge in [0.15, 0.2) is 0 Å². The number of aromatic nitrogens is 1. The van der Waals surface area contributed by atoms with Crippen LogP contribution >= 0.6 is 0 Å². The molecule has 2 fully saturated rings. The maximum absolute atomic E-state index is 12.7. The Labute approximate surface area is 155 Å². The number of morpholine rings is 2. The molecule has 1 aromatic heterocycles. The number of hydrogen-bond donors (Lipinski definition) is 1. The van der Waals surface area contributed by atoms with Gasteiger partial charge in [-0.1, -0.05) is 13.8 Å². The summed E-state index contributed by atoms with van der Waals surface area (Å²) in [6.07, 6.45) is 1.77. The van der Waals surface area contributed by atoms with Crippen LogP contribution in [0.15, 0.2) is 18.3 Å². The molecule has 2 aliphatic rings. The molecule has 0 aliphatic carbocycles. The smallest absolute Gasteiger partial charge is 0.255 e. The molecule has 3 heterocycles. The SMILES string of the molecule is CC(C)CN1CCOC(CNC(=O)c2cccnc2N2CCOCC2)C1. The molecule has 0 spiro atoms. The van der Waals surface area contributed by atoms with Crippen LogP contribution in [-0.4, -0.2) is 81.0 Å². The summed E-state index contributed by atoms with van der Waals surface area (Å²) in [5.41, 5.74) is 0.615. The Hall–Kier alpha value is -1.70. The fraction of sp³-hybridized carbons (Fsp3) is 0.684. The van der Waals surface area contributed by atoms with E-state index >= 15 is 0 Å². The van der Waals surface area contributed by atoms with Gasteiger partial charge >= 0.3 is 0 Å². The molecule has 0 saturated carbocycles. The molecule has 0 aromatic carbocycles. The van der Waals surface area contributed by atoms with E-state index < -0.39 is 0 Å². The van der Waals surface area contributed by atoms with E-state index in [1.807, 2.05) is 6.07 Å². The zero-order valence-electron chi connectivity index (χ0n) is 15.8. The molecule has 26 heavy (non-hydrogen) atoms. The largest absolute Gasteiger partial charge is 0.378 e. The van der Waals surface area contributed by atoms with E-state index in [-0.39, 0.29) is 12.0 Å². The van der Waals surface area contributed by atoms with Crippen LogP contribution in [-0.2, 0) is 9.47 Å². The number of nitrogens with one attached hydrogen (secondary N) is 1. The summed E-state index contributed by atoms with van der Waals surface area (Å²) < 4.78 is 11.2. The first-order valence-electron chi connectivity index (χ1n) is 9.53. The lowest BCUT2D eigenvalue weighted by molar-refractivity contribution is -0.0295. The predicted octanol–water partition coefficient (Wildman–Crippen LogP) is 1.00. The zero-order chi connectivity index (χ0) is 18.4. The maximum atomic E-state index is 12.7. The summed E-state index contributed by atoms with van der Waals surface area (Å²) in [6.45, 7) is 11.4. The van der Waals surface area contributed by atoms with E-state index in [2.05, 4.69) is 33.9 Å². The van der Waals surface area contributed by atoms with Crippen molar-refractivity contribution in [3.8, 4) is 0 Å². The lowest BCUT2D eigenvalue weighted by Gasteiger charge is -2.34. The average molecular weight is 362 g/mol. The van der Waals surface area contributed by atoms with Crippen LogP contribution in [0.2, 0.25) is 0 Å². The molecular formula is C19H30N4O3. The lowest BCUT2D eigenvalue weighted by atomic mass is 10.1. The molecule has 144 valence electrons. The highest BCUT2D eigenvalue weighted by Gasteiger charge is 2.23. The van der Waals surface area contributed by atoms with Gasteiger partial charge in [-0.15, -0.1) is 0 Å². The van der Waals surface area contributed by atoms with Gasteiger partial charge in [-0.2, -0.15) is 0 Å². The van der Waals surface area contributed by atoms with Crippen molar-refractivity contribution in [1.82, 2.24) is 15.2 Å². The molecule has 1 N–H and O–H groups in total. The molecule has 0 bridgehead atoms. The number of amides is 1. The molecule has 1 unspecified atom stereocenters. The number of rotatable bonds is 6. The Morgan fingerprint density at radius 3 is 2.88 bits per heavy atom. The van der Waals surface area contributed by atoms with E-state index in [9.17, 15) is 4.79 Å². The van der Waals surface area contributed by atoms with Gasteiger partial charge in [0.2, 0.25) is 0 Å². The average Bonchev–Trinajstić information content (AvgIpc) is 2.66. The molecule has 2 aliphatic heterocycles. The van der Waals surface area contributed by atoms with Crippen molar-refractivity contribution in [2.45, 2.75) is 20.0 Å². The van der Waals surface area contributed by atoms with Crippen LogP contribution < -0.4 is 10.2 Å². The molecule has 3 rings (SSSR count). The standard InChI is InChI=1S/C19H30N4O3/c1-15(2)13-22-6-11-26-16(14-22)12-21-19(24)17-4-3-5-20-18(17)23-7-9-25-10-8-23/h3-5,15-16H,6-14H2,1-2H3,(H,21,24). The second-order valence-electron chi connectivity index (χ2n) is 7.33. The third-order valence-corrected chi connectivity index (χ3v) is 4.68. The molecule has 7 heteroatoms. The quantitative estimate of drug-likeness (QED) is 0.815. The molecule has 7 nitrogen and oxygen atoms in total. The summed E-state index contributed by atoms with van der Waals surface area (Å²) in [7, 11) is 0. The summed E-state index contributed by atoms with van der Waals surface area (Å²) in [5.74, 6) is 1.28. The van der Waals surface area contributed by atoms with Crippen molar-refractivity contribution < 1.29 is 14.3 Å². The monoisotopic (exact) mass is 362 g/mol. The van der Waals surface area contributed by atoms with Crippen LogP contribution in [0.1, 0.15) is 24.2 Å². The second kappa shape index (κ2) is 9.30. The van der Waals surface area contributed by atoms with Gasteiger partial charge in [0.1, 0.15) is 5.82 Å². The Bertz CT molecular complexity index is 590. The third-order valence-electron chi connectivity index (χ3n) is 4.68. The molecular weight excluding hydrogens is 332 g/mol. The minimum atomic E-state index is -0.0934. The van der Waals surface area contributed by atoms with E-state index in [1.54, 1.807) is 12.3 Å². The van der Waals surface area contributed by atoms with Crippen molar-refractivity contribution in [1.29, 1.82) is 0 Å². The number of pyridine rings is 1. The van der Waals surface area contributed by atoms with Crippen molar-refractivity contribution in [3.05, 3.63) is 23.9 Å². The van der Waals surface area contributed by atoms with Crippen LogP contribution in [0.3, 0.4) is 0 Å². The van der Waals surface area contributed by atoms with E-state index in [0.717, 1.165) is 45.1 Å². The first-order chi connectivity index (χ1) is 12.6. The summed E-state index contributed by atoms with van der Waals surface area (Å²) in [4.78, 5) is 21.7. The minimum absolute atomic E-state index is 0.0370. The molecule has 2 saturated heterocycles. The third kappa shape index (κ3) is 5.16. The van der Waals surface area contributed by atoms with E-state index in [0.29, 0.717) is 31.2 Å². The number of ether oxygens (including phenoxy) is 2. The van der Waals surface area contributed by atoms with E-state index in [4.69, 9.17) is 9.47 Å². The first-order valence-corrected chi connectivity index (χ1v) is 9.53. The number of carbonyl (C=O) groups excluding carboxylic acids is 1. The number of hydrogen-bond acceptors (Lipinski definition) is 6. The maximum Gasteiger partial charge on any atom is 0.255 e. The summed E-state index contributed by atoms with van der Waals surface area (Å²) in [6, 6.07) is 3.64. The van der Waals surface area contributed by atoms with Crippen molar-refractivity contribution in [2.24, 2.45) is 5.92 Å². The van der Waals surface area contributed by atoms with Crippen LogP contribution in [0.25, 0.3) is 0 Å². The van der Waals surface area contributed by atoms with Gasteiger partial charge in [0.25, 0.3) is 5.91 Å². The van der Waals surface area contributed by atoms with Crippen molar-refractivity contribution in [3.63, 3.8) is 0 Å². The van der Waals surface area contributed by atoms with Crippen molar-refractivity contribution in [2.75, 3.05) is 64.0 Å². The minimum Gasteiger partial charge on any atom is -0.378 e. The van der Waals surface area contributed by atoms with Gasteiger partial charge in [-0.25, -0.2) is 4.98 Å². The van der Waals surface area contributed by atoms with Gasteiger partial charge < -0.3 is 19.7 Å². The highest BCUT2D eigenvalue weighted by atomic mass is 16.5. The topological polar surface area (TPSA) is 66.9 Å². The Morgan fingerprint density at radius 1 is 1.31 bits per heavy atom. The van der Waals surface area contributed by atoms with Gasteiger partial charge in [0.05, 0.1) is 31.5 Å². The Balaban J connectivity index is 1.56.